The molecule has 0 unspecified atom stereocenters. The molecule has 2 aromatic carbocycles. The Balaban J connectivity index is 1.81. The fourth-order valence-corrected chi connectivity index (χ4v) is 4.55. The lowest BCUT2D eigenvalue weighted by Gasteiger charge is -2.15. The van der Waals surface area contributed by atoms with Crippen molar-refractivity contribution >= 4 is 27.6 Å². The molecule has 0 bridgehead atoms. The number of sulfonamides is 1. The molecule has 0 atom stereocenters. The molecule has 0 spiro atoms. The highest BCUT2D eigenvalue weighted by atomic mass is 32.2. The third-order valence-corrected chi connectivity index (χ3v) is 6.55. The van der Waals surface area contributed by atoms with Crippen LogP contribution >= 0.6 is 0 Å². The summed E-state index contributed by atoms with van der Waals surface area (Å²) in [5.74, 6) is 0. The standard InChI is InChI=1S/C19H22N4O4S/c1-2-15-5-7-16(8-6-15)14-20-21-18-10-9-17(13-19(18)23(24)25)28(26,27)22-11-3-4-12-22/h5-10,13-14,21H,2-4,11-12H2,1H3/b20-14-. The molecular weight excluding hydrogens is 380 g/mol. The third-order valence-electron chi connectivity index (χ3n) is 4.66. The molecule has 8 nitrogen and oxygen atoms in total. The van der Waals surface area contributed by atoms with Crippen LogP contribution in [0.4, 0.5) is 11.4 Å². The molecule has 0 saturated carbocycles. The zero-order valence-electron chi connectivity index (χ0n) is 15.5. The Morgan fingerprint density at radius 3 is 2.46 bits per heavy atom. The summed E-state index contributed by atoms with van der Waals surface area (Å²) in [6.45, 7) is 2.95. The van der Waals surface area contributed by atoms with Crippen LogP contribution in [0.1, 0.15) is 30.9 Å². The van der Waals surface area contributed by atoms with Crippen LogP contribution in [-0.4, -0.2) is 37.0 Å². The molecule has 0 amide bonds. The Kier molecular flexibility index (Phi) is 6.05. The first kappa shape index (κ1) is 20.0. The van der Waals surface area contributed by atoms with Crippen molar-refractivity contribution in [1.29, 1.82) is 0 Å². The Bertz CT molecular complexity index is 981. The smallest absolute Gasteiger partial charge is 0.272 e. The number of nitrogens with zero attached hydrogens (tertiary/aromatic N) is 3. The normalized spacial score (nSPS) is 15.2. The Labute approximate surface area is 164 Å². The topological polar surface area (TPSA) is 105 Å². The van der Waals surface area contributed by atoms with Crippen LogP contribution in [0.3, 0.4) is 0 Å². The van der Waals surface area contributed by atoms with E-state index in [0.717, 1.165) is 30.9 Å². The summed E-state index contributed by atoms with van der Waals surface area (Å²) < 4.78 is 26.6. The first-order valence-electron chi connectivity index (χ1n) is 9.08. The molecule has 1 aliphatic heterocycles. The van der Waals surface area contributed by atoms with E-state index < -0.39 is 14.9 Å². The highest BCUT2D eigenvalue weighted by Crippen LogP contribution is 2.30. The average Bonchev–Trinajstić information content (AvgIpc) is 3.24. The molecule has 148 valence electrons. The maximum Gasteiger partial charge on any atom is 0.295 e. The third kappa shape index (κ3) is 4.37. The molecule has 1 N–H and O–H groups in total. The fourth-order valence-electron chi connectivity index (χ4n) is 3.01. The Morgan fingerprint density at radius 2 is 1.86 bits per heavy atom. The van der Waals surface area contributed by atoms with Crippen molar-refractivity contribution in [2.24, 2.45) is 5.10 Å². The van der Waals surface area contributed by atoms with Gasteiger partial charge in [-0.1, -0.05) is 31.2 Å². The van der Waals surface area contributed by atoms with Gasteiger partial charge in [-0.15, -0.1) is 0 Å². The van der Waals surface area contributed by atoms with E-state index in [2.05, 4.69) is 17.5 Å². The predicted molar refractivity (Wildman–Crippen MR) is 108 cm³/mol. The van der Waals surface area contributed by atoms with Gasteiger partial charge in [-0.05, 0) is 42.5 Å². The van der Waals surface area contributed by atoms with Gasteiger partial charge in [0.25, 0.3) is 5.69 Å². The van der Waals surface area contributed by atoms with Crippen molar-refractivity contribution < 1.29 is 13.3 Å². The van der Waals surface area contributed by atoms with Gasteiger partial charge in [0, 0.05) is 19.2 Å². The van der Waals surface area contributed by atoms with Crippen LogP contribution in [0.15, 0.2) is 52.5 Å². The van der Waals surface area contributed by atoms with Gasteiger partial charge < -0.3 is 0 Å². The van der Waals surface area contributed by atoms with E-state index in [-0.39, 0.29) is 16.3 Å². The number of hydrazone groups is 1. The highest BCUT2D eigenvalue weighted by molar-refractivity contribution is 7.89. The zero-order valence-corrected chi connectivity index (χ0v) is 16.4. The van der Waals surface area contributed by atoms with Gasteiger partial charge in [0.2, 0.25) is 10.0 Å². The van der Waals surface area contributed by atoms with Crippen molar-refractivity contribution in [1.82, 2.24) is 4.31 Å². The lowest BCUT2D eigenvalue weighted by molar-refractivity contribution is -0.384. The molecule has 2 aromatic rings. The SMILES string of the molecule is CCc1ccc(/C=N\Nc2ccc(S(=O)(=O)N3CCCC3)cc2[N+](=O)[O-])cc1. The molecule has 1 fully saturated rings. The van der Waals surface area contributed by atoms with E-state index >= 15 is 0 Å². The van der Waals surface area contributed by atoms with Gasteiger partial charge in [0.15, 0.2) is 0 Å². The molecule has 0 radical (unpaired) electrons. The van der Waals surface area contributed by atoms with Crippen LogP contribution in [0, 0.1) is 10.1 Å². The fraction of sp³-hybridized carbons (Fsp3) is 0.316. The van der Waals surface area contributed by atoms with Gasteiger partial charge >= 0.3 is 0 Å². The first-order chi connectivity index (χ1) is 13.4. The highest BCUT2D eigenvalue weighted by Gasteiger charge is 2.29. The summed E-state index contributed by atoms with van der Waals surface area (Å²) >= 11 is 0. The minimum absolute atomic E-state index is 0.0780. The van der Waals surface area contributed by atoms with Gasteiger partial charge in [-0.25, -0.2) is 8.42 Å². The predicted octanol–water partition coefficient (Wildman–Crippen LogP) is 3.39. The van der Waals surface area contributed by atoms with Crippen molar-refractivity contribution in [2.75, 3.05) is 18.5 Å². The molecule has 1 heterocycles. The number of hydrogen-bond donors (Lipinski definition) is 1. The molecule has 1 saturated heterocycles. The summed E-state index contributed by atoms with van der Waals surface area (Å²) in [6.07, 6.45) is 4.09. The molecule has 1 aliphatic rings. The van der Waals surface area contributed by atoms with Crippen molar-refractivity contribution in [3.63, 3.8) is 0 Å². The van der Waals surface area contributed by atoms with E-state index in [1.54, 1.807) is 6.21 Å². The summed E-state index contributed by atoms with van der Waals surface area (Å²) in [5, 5.41) is 15.5. The molecule has 28 heavy (non-hydrogen) atoms. The summed E-state index contributed by atoms with van der Waals surface area (Å²) in [6, 6.07) is 11.6. The second-order valence-corrected chi connectivity index (χ2v) is 8.45. The van der Waals surface area contributed by atoms with E-state index in [9.17, 15) is 18.5 Å². The monoisotopic (exact) mass is 402 g/mol. The van der Waals surface area contributed by atoms with Gasteiger partial charge in [0.1, 0.15) is 5.69 Å². The van der Waals surface area contributed by atoms with Gasteiger partial charge in [-0.3, -0.25) is 15.5 Å². The molecule has 3 rings (SSSR count). The number of hydrogen-bond acceptors (Lipinski definition) is 6. The van der Waals surface area contributed by atoms with Crippen LogP contribution in [0.25, 0.3) is 0 Å². The summed E-state index contributed by atoms with van der Waals surface area (Å²) in [5.41, 5.74) is 4.49. The lowest BCUT2D eigenvalue weighted by atomic mass is 10.1. The minimum Gasteiger partial charge on any atom is -0.272 e. The zero-order chi connectivity index (χ0) is 20.1. The van der Waals surface area contributed by atoms with Gasteiger partial charge in [-0.2, -0.15) is 9.41 Å². The summed E-state index contributed by atoms with van der Waals surface area (Å²) in [7, 11) is -3.72. The van der Waals surface area contributed by atoms with Crippen LogP contribution in [0.2, 0.25) is 0 Å². The van der Waals surface area contributed by atoms with E-state index in [4.69, 9.17) is 0 Å². The largest absolute Gasteiger partial charge is 0.295 e. The number of aryl methyl sites for hydroxylation is 1. The maximum absolute atomic E-state index is 12.6. The number of anilines is 1. The minimum atomic E-state index is -3.72. The first-order valence-corrected chi connectivity index (χ1v) is 10.5. The maximum atomic E-state index is 12.6. The van der Waals surface area contributed by atoms with Crippen molar-refractivity contribution in [2.45, 2.75) is 31.1 Å². The second-order valence-electron chi connectivity index (χ2n) is 6.51. The lowest BCUT2D eigenvalue weighted by Crippen LogP contribution is -2.27. The number of nitro groups is 1. The van der Waals surface area contributed by atoms with Crippen molar-refractivity contribution in [3.8, 4) is 0 Å². The number of benzene rings is 2. The molecule has 0 aromatic heterocycles. The number of nitrogens with one attached hydrogen (secondary N) is 1. The van der Waals surface area contributed by atoms with Crippen LogP contribution in [0.5, 0.6) is 0 Å². The van der Waals surface area contributed by atoms with Crippen LogP contribution < -0.4 is 5.43 Å². The van der Waals surface area contributed by atoms with Gasteiger partial charge in [0.05, 0.1) is 16.0 Å². The average molecular weight is 402 g/mol. The molecule has 0 aliphatic carbocycles. The van der Waals surface area contributed by atoms with Crippen LogP contribution in [-0.2, 0) is 16.4 Å². The number of nitro benzene ring substituents is 1. The number of rotatable bonds is 7. The van der Waals surface area contributed by atoms with E-state index in [1.165, 1.54) is 22.0 Å². The molecular formula is C19H22N4O4S. The second kappa shape index (κ2) is 8.49. The van der Waals surface area contributed by atoms with E-state index in [0.29, 0.717) is 13.1 Å². The summed E-state index contributed by atoms with van der Waals surface area (Å²) in [4.78, 5) is 10.7. The quantitative estimate of drug-likeness (QED) is 0.434. The molecule has 9 heteroatoms. The Morgan fingerprint density at radius 1 is 1.18 bits per heavy atom. The Hall–Kier alpha value is -2.78. The van der Waals surface area contributed by atoms with E-state index in [1.807, 2.05) is 24.3 Å². The van der Waals surface area contributed by atoms with Crippen molar-refractivity contribution in [3.05, 3.63) is 63.7 Å².